The minimum absolute atomic E-state index is 0.0140. The quantitative estimate of drug-likeness (QED) is 0.186. The lowest BCUT2D eigenvalue weighted by Crippen LogP contribution is -2.28. The van der Waals surface area contributed by atoms with Gasteiger partial charge in [0.05, 0.1) is 57.7 Å². The summed E-state index contributed by atoms with van der Waals surface area (Å²) in [6.07, 6.45) is 0. The number of carbonyl (C=O) groups excluding carboxylic acids is 4. The highest BCUT2D eigenvalue weighted by Gasteiger charge is 2.27. The summed E-state index contributed by atoms with van der Waals surface area (Å²) in [6, 6.07) is 3.41. The van der Waals surface area contributed by atoms with Crippen molar-refractivity contribution in [2.45, 2.75) is 27.7 Å². The first-order valence-electron chi connectivity index (χ1n) is 12.9. The Morgan fingerprint density at radius 3 is 0.955 bits per heavy atom. The Hall–Kier alpha value is -5.80. The summed E-state index contributed by atoms with van der Waals surface area (Å²) in [5, 5.41) is 41.5. The third kappa shape index (κ3) is 9.10. The van der Waals surface area contributed by atoms with E-state index in [-0.39, 0.29) is 37.4 Å². The summed E-state index contributed by atoms with van der Waals surface area (Å²) in [7, 11) is 0. The molecule has 0 aromatic heterocycles. The summed E-state index contributed by atoms with van der Waals surface area (Å²) >= 11 is 0. The normalized spacial score (nSPS) is 9.91. The van der Waals surface area contributed by atoms with Crippen molar-refractivity contribution < 1.29 is 68.3 Å². The molecule has 0 bridgehead atoms. The van der Waals surface area contributed by atoms with Crippen molar-refractivity contribution in [2.24, 2.45) is 0 Å². The molecule has 0 unspecified atom stereocenters. The first kappa shape index (κ1) is 36.2. The van der Waals surface area contributed by atoms with Crippen molar-refractivity contribution in [1.82, 2.24) is 10.6 Å². The van der Waals surface area contributed by atoms with Crippen LogP contribution >= 0.6 is 0 Å². The molecule has 6 N–H and O–H groups in total. The fourth-order valence-electron chi connectivity index (χ4n) is 3.55. The molecule has 2 aromatic rings. The molecule has 0 atom stereocenters. The van der Waals surface area contributed by atoms with Gasteiger partial charge in [-0.25, -0.2) is 28.8 Å². The van der Waals surface area contributed by atoms with Crippen LogP contribution in [-0.2, 0) is 9.47 Å². The van der Waals surface area contributed by atoms with Gasteiger partial charge in [-0.3, -0.25) is 9.59 Å². The van der Waals surface area contributed by atoms with E-state index in [0.717, 1.165) is 24.3 Å². The maximum absolute atomic E-state index is 11.9. The van der Waals surface area contributed by atoms with Crippen LogP contribution in [0.1, 0.15) is 111 Å². The van der Waals surface area contributed by atoms with E-state index in [1.54, 1.807) is 13.8 Å². The lowest BCUT2D eigenvalue weighted by atomic mass is 9.97. The van der Waals surface area contributed by atoms with E-state index in [9.17, 15) is 48.6 Å². The lowest BCUT2D eigenvalue weighted by molar-refractivity contribution is 0.0499. The predicted octanol–water partition coefficient (Wildman–Crippen LogP) is 2.02. The molecule has 44 heavy (non-hydrogen) atoms. The second-order valence-corrected chi connectivity index (χ2v) is 8.27. The van der Waals surface area contributed by atoms with E-state index >= 15 is 0 Å². The van der Waals surface area contributed by atoms with E-state index in [1.165, 1.54) is 13.8 Å². The molecule has 0 radical (unpaired) electrons. The van der Waals surface area contributed by atoms with Gasteiger partial charge in [0, 0.05) is 13.1 Å². The van der Waals surface area contributed by atoms with Gasteiger partial charge < -0.3 is 40.5 Å². The molecular formula is C28H30N2O14. The van der Waals surface area contributed by atoms with Crippen molar-refractivity contribution in [3.63, 3.8) is 0 Å². The molecule has 0 aliphatic carbocycles. The molecule has 2 amide bonds. The van der Waals surface area contributed by atoms with E-state index in [0.29, 0.717) is 0 Å². The number of amides is 2. The average molecular weight is 619 g/mol. The fourth-order valence-corrected chi connectivity index (χ4v) is 3.55. The standard InChI is InChI=1S/C14H16N2O6.C14H14O8/c1-3-15-11(17)7-5-10(14(21)22)8(12(18)16-4-2)6-9(7)13(19)20;1-3-21-13(19)9-5-8(12(17)18)10(14(20)22-4-2)6-7(9)11(15)16/h5-6H,3-4H2,1-2H3,(H,15,17)(H,16,18)(H,19,20)(H,21,22);5-6H,3-4H2,1-2H3,(H,15,16)(H,17,18). The zero-order chi connectivity index (χ0) is 33.7. The van der Waals surface area contributed by atoms with Gasteiger partial charge in [0.25, 0.3) is 11.8 Å². The van der Waals surface area contributed by atoms with Gasteiger partial charge in [0.1, 0.15) is 0 Å². The highest BCUT2D eigenvalue weighted by Crippen LogP contribution is 2.21. The molecule has 16 heteroatoms. The highest BCUT2D eigenvalue weighted by atomic mass is 16.5. The molecule has 0 fully saturated rings. The van der Waals surface area contributed by atoms with Gasteiger partial charge >= 0.3 is 35.8 Å². The number of ether oxygens (including phenoxy) is 2. The number of carbonyl (C=O) groups is 8. The molecule has 0 aliphatic rings. The summed E-state index contributed by atoms with van der Waals surface area (Å²) in [4.78, 5) is 92.3. The van der Waals surface area contributed by atoms with Crippen LogP contribution in [-0.4, -0.2) is 94.4 Å². The third-order valence-corrected chi connectivity index (χ3v) is 5.39. The first-order valence-corrected chi connectivity index (χ1v) is 12.9. The van der Waals surface area contributed by atoms with Crippen molar-refractivity contribution in [2.75, 3.05) is 26.3 Å². The van der Waals surface area contributed by atoms with Gasteiger partial charge in [0.15, 0.2) is 0 Å². The Morgan fingerprint density at radius 2 is 0.727 bits per heavy atom. The number of hydrogen-bond donors (Lipinski definition) is 6. The van der Waals surface area contributed by atoms with Gasteiger partial charge in [0.2, 0.25) is 0 Å². The Labute approximate surface area is 249 Å². The van der Waals surface area contributed by atoms with E-state index < -0.39 is 81.0 Å². The van der Waals surface area contributed by atoms with Crippen LogP contribution in [0, 0.1) is 0 Å². The molecule has 0 heterocycles. The molecule has 236 valence electrons. The molecule has 0 spiro atoms. The third-order valence-electron chi connectivity index (χ3n) is 5.39. The van der Waals surface area contributed by atoms with Crippen molar-refractivity contribution in [3.8, 4) is 0 Å². The van der Waals surface area contributed by atoms with Crippen LogP contribution in [0.5, 0.6) is 0 Å². The summed E-state index contributed by atoms with van der Waals surface area (Å²) < 4.78 is 9.38. The second kappa shape index (κ2) is 16.6. The van der Waals surface area contributed by atoms with Crippen LogP contribution in [0.3, 0.4) is 0 Å². The molecule has 0 aliphatic heterocycles. The number of nitrogens with one attached hydrogen (secondary N) is 2. The topological polar surface area (TPSA) is 260 Å². The molecule has 0 saturated carbocycles. The summed E-state index contributed by atoms with van der Waals surface area (Å²) in [5.74, 6) is -9.26. The largest absolute Gasteiger partial charge is 0.478 e. The number of aromatic carboxylic acids is 4. The molecule has 16 nitrogen and oxygen atoms in total. The van der Waals surface area contributed by atoms with Crippen LogP contribution in [0.15, 0.2) is 24.3 Å². The van der Waals surface area contributed by atoms with Crippen LogP contribution < -0.4 is 10.6 Å². The van der Waals surface area contributed by atoms with Crippen LogP contribution in [0.4, 0.5) is 0 Å². The number of rotatable bonds is 12. The maximum atomic E-state index is 11.9. The number of benzene rings is 2. The van der Waals surface area contributed by atoms with Crippen molar-refractivity contribution in [3.05, 3.63) is 68.8 Å². The Bertz CT molecular complexity index is 1270. The maximum Gasteiger partial charge on any atom is 0.339 e. The molecule has 2 aromatic carbocycles. The Kier molecular flexibility index (Phi) is 13.7. The highest BCUT2D eigenvalue weighted by molar-refractivity contribution is 6.12. The van der Waals surface area contributed by atoms with Gasteiger partial charge in [-0.15, -0.1) is 0 Å². The number of hydrogen-bond acceptors (Lipinski definition) is 10. The van der Waals surface area contributed by atoms with Gasteiger partial charge in [-0.2, -0.15) is 0 Å². The van der Waals surface area contributed by atoms with E-state index in [1.807, 2.05) is 0 Å². The smallest absolute Gasteiger partial charge is 0.339 e. The van der Waals surface area contributed by atoms with E-state index in [2.05, 4.69) is 20.1 Å². The van der Waals surface area contributed by atoms with Gasteiger partial charge in [-0.05, 0) is 52.0 Å². The van der Waals surface area contributed by atoms with Crippen LogP contribution in [0.2, 0.25) is 0 Å². The Morgan fingerprint density at radius 1 is 0.477 bits per heavy atom. The molecule has 0 saturated heterocycles. The van der Waals surface area contributed by atoms with E-state index in [4.69, 9.17) is 10.2 Å². The van der Waals surface area contributed by atoms with Crippen molar-refractivity contribution in [1.29, 1.82) is 0 Å². The molecular weight excluding hydrogens is 588 g/mol. The monoisotopic (exact) mass is 618 g/mol. The predicted molar refractivity (Wildman–Crippen MR) is 149 cm³/mol. The van der Waals surface area contributed by atoms with Gasteiger partial charge in [-0.1, -0.05) is 0 Å². The Balaban J connectivity index is 0.000000440. The lowest BCUT2D eigenvalue weighted by Gasteiger charge is -2.12. The van der Waals surface area contributed by atoms with Crippen LogP contribution in [0.25, 0.3) is 0 Å². The second-order valence-electron chi connectivity index (χ2n) is 8.27. The fraction of sp³-hybridized carbons (Fsp3) is 0.286. The minimum atomic E-state index is -1.49. The zero-order valence-electron chi connectivity index (χ0n) is 24.0. The zero-order valence-corrected chi connectivity index (χ0v) is 24.0. The average Bonchev–Trinajstić information content (AvgIpc) is 2.96. The first-order chi connectivity index (χ1) is 20.7. The SMILES string of the molecule is CCNC(=O)c1cc(C(=O)O)c(C(=O)NCC)cc1C(=O)O.CCOC(=O)c1cc(C(=O)O)c(C(=O)OCC)cc1C(=O)O. The van der Waals surface area contributed by atoms with Crippen molar-refractivity contribution >= 4 is 47.6 Å². The minimum Gasteiger partial charge on any atom is -0.478 e. The number of carboxylic acid groups (broad SMARTS) is 4. The summed E-state index contributed by atoms with van der Waals surface area (Å²) in [6.45, 7) is 6.78. The molecule has 2 rings (SSSR count). The number of esters is 2. The number of carboxylic acids is 4. The summed E-state index contributed by atoms with van der Waals surface area (Å²) in [5.41, 5.74) is -3.44.